The minimum atomic E-state index is 0.892. The molecule has 0 aromatic carbocycles. The molecule has 0 radical (unpaired) electrons. The lowest BCUT2D eigenvalue weighted by Crippen LogP contribution is -1.83. The fourth-order valence-electron chi connectivity index (χ4n) is 6.33. The fraction of sp³-hybridized carbons (Fsp3) is 0.905. The molecule has 0 aliphatic rings. The van der Waals surface area contributed by atoms with Gasteiger partial charge in [0.25, 0.3) is 0 Å². The summed E-state index contributed by atoms with van der Waals surface area (Å²) in [6, 6.07) is 0. The Labute approximate surface area is 276 Å². The van der Waals surface area contributed by atoms with Gasteiger partial charge in [0.05, 0.1) is 0 Å². The molecule has 43 heavy (non-hydrogen) atoms. The third kappa shape index (κ3) is 41.9. The van der Waals surface area contributed by atoms with Gasteiger partial charge in [-0.15, -0.1) is 0 Å². The molecule has 256 valence electrons. The van der Waals surface area contributed by atoms with Crippen molar-refractivity contribution in [3.63, 3.8) is 0 Å². The van der Waals surface area contributed by atoms with E-state index in [9.17, 15) is 0 Å². The monoisotopic (exact) mass is 619 g/mol. The number of hydrogen-bond donors (Lipinski definition) is 0. The van der Waals surface area contributed by atoms with E-state index in [0.29, 0.717) is 0 Å². The standard InChI is InChI=1S/C42H83P/c1-3-5-7-9-11-13-15-17-19-21-23-25-27-29-31-33-35-37-39-41-43-42-40-38-36-34-32-30-28-26-24-22-20-18-16-14-12-10-8-6-4-2/h39-43H,3-38H2,1-2H3. The molecular formula is C42H83P. The largest absolute Gasteiger partial charge is 0.0840 e. The van der Waals surface area contributed by atoms with Crippen LogP contribution in [0.25, 0.3) is 0 Å². The first-order chi connectivity index (χ1) is 21.4. The molecule has 0 aromatic rings. The first-order valence-corrected chi connectivity index (χ1v) is 21.6. The smallest absolute Gasteiger partial charge is 0.0347 e. The van der Waals surface area contributed by atoms with Crippen molar-refractivity contribution in [1.29, 1.82) is 0 Å². The lowest BCUT2D eigenvalue weighted by molar-refractivity contribution is 0.527. The molecular weight excluding hydrogens is 535 g/mol. The molecule has 0 rings (SSSR count). The molecule has 0 aliphatic heterocycles. The van der Waals surface area contributed by atoms with Crippen molar-refractivity contribution in [3.8, 4) is 0 Å². The van der Waals surface area contributed by atoms with Gasteiger partial charge in [-0.3, -0.25) is 0 Å². The van der Waals surface area contributed by atoms with Gasteiger partial charge in [-0.25, -0.2) is 0 Å². The van der Waals surface area contributed by atoms with Crippen LogP contribution >= 0.6 is 8.58 Å². The van der Waals surface area contributed by atoms with Crippen molar-refractivity contribution < 1.29 is 0 Å². The van der Waals surface area contributed by atoms with Crippen molar-refractivity contribution >= 4 is 8.58 Å². The van der Waals surface area contributed by atoms with Crippen LogP contribution < -0.4 is 0 Å². The first-order valence-electron chi connectivity index (χ1n) is 20.5. The van der Waals surface area contributed by atoms with Gasteiger partial charge in [0.1, 0.15) is 0 Å². The van der Waals surface area contributed by atoms with Crippen LogP contribution in [0.4, 0.5) is 0 Å². The summed E-state index contributed by atoms with van der Waals surface area (Å²) in [6.07, 6.45) is 57.1. The summed E-state index contributed by atoms with van der Waals surface area (Å²) in [5.74, 6) is 4.83. The highest BCUT2D eigenvalue weighted by Crippen LogP contribution is 2.18. The zero-order chi connectivity index (χ0) is 31.0. The summed E-state index contributed by atoms with van der Waals surface area (Å²) in [6.45, 7) is 4.61. The second-order valence-corrected chi connectivity index (χ2v) is 14.9. The maximum absolute atomic E-state index is 2.43. The Morgan fingerprint density at radius 3 is 0.651 bits per heavy atom. The predicted molar refractivity (Wildman–Crippen MR) is 204 cm³/mol. The lowest BCUT2D eigenvalue weighted by atomic mass is 10.0. The van der Waals surface area contributed by atoms with E-state index in [1.165, 1.54) is 231 Å². The zero-order valence-corrected chi connectivity index (χ0v) is 31.3. The SMILES string of the molecule is CCCCCCCCCCCCCCCCCCCC=CPC=CCCCCCCCCCCCCCCCCCCC. The highest BCUT2D eigenvalue weighted by Gasteiger charge is 1.96. The van der Waals surface area contributed by atoms with Gasteiger partial charge >= 0.3 is 0 Å². The van der Waals surface area contributed by atoms with Gasteiger partial charge in [-0.2, -0.15) is 0 Å². The van der Waals surface area contributed by atoms with E-state index in [1.807, 2.05) is 0 Å². The number of rotatable bonds is 38. The second-order valence-electron chi connectivity index (χ2n) is 13.9. The van der Waals surface area contributed by atoms with Crippen molar-refractivity contribution in [2.75, 3.05) is 0 Å². The summed E-state index contributed by atoms with van der Waals surface area (Å²) >= 11 is 0. The lowest BCUT2D eigenvalue weighted by Gasteiger charge is -2.03. The van der Waals surface area contributed by atoms with Crippen molar-refractivity contribution in [2.45, 2.75) is 245 Å². The van der Waals surface area contributed by atoms with Crippen LogP contribution in [0.1, 0.15) is 245 Å². The van der Waals surface area contributed by atoms with E-state index < -0.39 is 0 Å². The average molecular weight is 619 g/mol. The first kappa shape index (κ1) is 42.9. The molecule has 0 fully saturated rings. The summed E-state index contributed by atoms with van der Waals surface area (Å²) in [7, 11) is 0.892. The summed E-state index contributed by atoms with van der Waals surface area (Å²) < 4.78 is 0. The molecule has 0 aromatic heterocycles. The van der Waals surface area contributed by atoms with E-state index in [0.717, 1.165) is 8.58 Å². The molecule has 0 aliphatic carbocycles. The Morgan fingerprint density at radius 2 is 0.442 bits per heavy atom. The summed E-state index contributed by atoms with van der Waals surface area (Å²) in [5.41, 5.74) is 0. The van der Waals surface area contributed by atoms with Crippen LogP contribution in [0.15, 0.2) is 23.8 Å². The Bertz CT molecular complexity index is 475. The quantitative estimate of drug-likeness (QED) is 0.0477. The topological polar surface area (TPSA) is 0 Å². The van der Waals surface area contributed by atoms with Crippen LogP contribution in [0.5, 0.6) is 0 Å². The predicted octanol–water partition coefficient (Wildman–Crippen LogP) is 16.8. The van der Waals surface area contributed by atoms with Crippen molar-refractivity contribution in [2.24, 2.45) is 0 Å². The Kier molecular flexibility index (Phi) is 41.8. The molecule has 0 unspecified atom stereocenters. The van der Waals surface area contributed by atoms with Gasteiger partial charge in [0.2, 0.25) is 0 Å². The van der Waals surface area contributed by atoms with E-state index in [2.05, 4.69) is 37.6 Å². The minimum absolute atomic E-state index is 0.892. The second kappa shape index (κ2) is 41.9. The minimum Gasteiger partial charge on any atom is -0.0840 e. The molecule has 0 N–H and O–H groups in total. The molecule has 0 bridgehead atoms. The normalized spacial score (nSPS) is 12.2. The van der Waals surface area contributed by atoms with E-state index in [1.54, 1.807) is 0 Å². The van der Waals surface area contributed by atoms with E-state index in [-0.39, 0.29) is 0 Å². The van der Waals surface area contributed by atoms with Crippen LogP contribution in [0, 0.1) is 0 Å². The van der Waals surface area contributed by atoms with Gasteiger partial charge in [-0.05, 0) is 25.7 Å². The van der Waals surface area contributed by atoms with Gasteiger partial charge < -0.3 is 0 Å². The average Bonchev–Trinajstić information content (AvgIpc) is 3.02. The zero-order valence-electron chi connectivity index (χ0n) is 30.3. The molecule has 0 heterocycles. The Hall–Kier alpha value is -0.0900. The van der Waals surface area contributed by atoms with E-state index >= 15 is 0 Å². The Balaban J connectivity index is 3.14. The Morgan fingerprint density at radius 1 is 0.256 bits per heavy atom. The fourth-order valence-corrected chi connectivity index (χ4v) is 7.05. The molecule has 0 nitrogen and oxygen atoms in total. The third-order valence-corrected chi connectivity index (χ3v) is 10.2. The van der Waals surface area contributed by atoms with E-state index in [4.69, 9.17) is 0 Å². The summed E-state index contributed by atoms with van der Waals surface area (Å²) in [4.78, 5) is 0. The van der Waals surface area contributed by atoms with Gasteiger partial charge in [0, 0.05) is 0 Å². The number of hydrogen-bond acceptors (Lipinski definition) is 0. The highest BCUT2D eigenvalue weighted by molar-refractivity contribution is 7.45. The number of unbranched alkanes of at least 4 members (excludes halogenated alkanes) is 34. The summed E-state index contributed by atoms with van der Waals surface area (Å²) in [5, 5.41) is 0. The van der Waals surface area contributed by atoms with Crippen molar-refractivity contribution in [3.05, 3.63) is 23.8 Å². The molecule has 0 saturated carbocycles. The molecule has 0 saturated heterocycles. The van der Waals surface area contributed by atoms with Crippen LogP contribution in [0.2, 0.25) is 0 Å². The molecule has 0 atom stereocenters. The molecule has 0 spiro atoms. The van der Waals surface area contributed by atoms with Crippen LogP contribution in [-0.2, 0) is 0 Å². The third-order valence-electron chi connectivity index (χ3n) is 9.38. The van der Waals surface area contributed by atoms with Gasteiger partial charge in [0.15, 0.2) is 0 Å². The van der Waals surface area contributed by atoms with Crippen LogP contribution in [0.3, 0.4) is 0 Å². The number of allylic oxidation sites excluding steroid dienone is 2. The van der Waals surface area contributed by atoms with Crippen LogP contribution in [-0.4, -0.2) is 0 Å². The highest BCUT2D eigenvalue weighted by atomic mass is 31.1. The molecule has 0 amide bonds. The van der Waals surface area contributed by atoms with Crippen molar-refractivity contribution in [1.82, 2.24) is 0 Å². The maximum atomic E-state index is 2.43. The maximum Gasteiger partial charge on any atom is -0.0347 e. The molecule has 1 heteroatoms. The van der Waals surface area contributed by atoms with Gasteiger partial charge in [-0.1, -0.05) is 252 Å².